The molecule has 0 spiro atoms. The van der Waals surface area contributed by atoms with Crippen molar-refractivity contribution in [1.29, 1.82) is 0 Å². The molecule has 0 heterocycles. The Labute approximate surface area is 200 Å². The number of nitrogens with one attached hydrogen (secondary N) is 2. The highest BCUT2D eigenvalue weighted by Crippen LogP contribution is 2.31. The van der Waals surface area contributed by atoms with Crippen LogP contribution in [-0.4, -0.2) is 8.42 Å². The summed E-state index contributed by atoms with van der Waals surface area (Å²) in [5.74, 6) is 0. The Kier molecular flexibility index (Phi) is 7.57. The second kappa shape index (κ2) is 10.8. The van der Waals surface area contributed by atoms with Crippen LogP contribution in [0.3, 0.4) is 0 Å². The number of hydrogen-bond acceptors (Lipinski definition) is 3. The third-order valence-electron chi connectivity index (χ3n) is 5.43. The topological polar surface area (TPSA) is 58.2 Å². The number of sulfonamides is 1. The summed E-state index contributed by atoms with van der Waals surface area (Å²) in [4.78, 5) is 0.169. The van der Waals surface area contributed by atoms with Crippen molar-refractivity contribution in [3.63, 3.8) is 0 Å². The van der Waals surface area contributed by atoms with Crippen LogP contribution < -0.4 is 10.0 Å². The van der Waals surface area contributed by atoms with E-state index in [1.165, 1.54) is 12.1 Å². The fraction of sp³-hybridized carbons (Fsp3) is 0.111. The zero-order valence-corrected chi connectivity index (χ0v) is 19.5. The average Bonchev–Trinajstić information content (AvgIpc) is 2.85. The molecule has 0 saturated carbocycles. The monoisotopic (exact) mass is 476 g/mol. The molecule has 6 heteroatoms. The van der Waals surface area contributed by atoms with Gasteiger partial charge in [-0.2, -0.15) is 0 Å². The summed E-state index contributed by atoms with van der Waals surface area (Å²) in [7, 11) is -3.81. The first kappa shape index (κ1) is 23.2. The van der Waals surface area contributed by atoms with E-state index in [1.54, 1.807) is 12.1 Å². The van der Waals surface area contributed by atoms with E-state index in [-0.39, 0.29) is 10.9 Å². The van der Waals surface area contributed by atoms with Gasteiger partial charge in [-0.05, 0) is 41.0 Å². The summed E-state index contributed by atoms with van der Waals surface area (Å²) in [6, 6.07) is 34.9. The first-order valence-electron chi connectivity index (χ1n) is 10.7. The molecule has 0 aliphatic heterocycles. The highest BCUT2D eigenvalue weighted by atomic mass is 35.5. The minimum atomic E-state index is -3.81. The van der Waals surface area contributed by atoms with E-state index < -0.39 is 16.1 Å². The lowest BCUT2D eigenvalue weighted by Gasteiger charge is -2.30. The lowest BCUT2D eigenvalue weighted by molar-refractivity contribution is 0.421. The molecule has 4 aromatic carbocycles. The van der Waals surface area contributed by atoms with Crippen LogP contribution in [0.4, 0.5) is 0 Å². The first-order valence-corrected chi connectivity index (χ1v) is 12.5. The van der Waals surface area contributed by atoms with Crippen LogP contribution in [0, 0.1) is 0 Å². The minimum Gasteiger partial charge on any atom is -0.304 e. The van der Waals surface area contributed by atoms with Crippen molar-refractivity contribution in [2.45, 2.75) is 23.5 Å². The number of rotatable bonds is 9. The Morgan fingerprint density at radius 1 is 0.636 bits per heavy atom. The molecule has 4 nitrogen and oxygen atoms in total. The first-order chi connectivity index (χ1) is 16.0. The zero-order chi connectivity index (χ0) is 23.1. The summed E-state index contributed by atoms with van der Waals surface area (Å²) >= 11 is 5.97. The molecular weight excluding hydrogens is 452 g/mol. The summed E-state index contributed by atoms with van der Waals surface area (Å²) in [5, 5.41) is 4.07. The van der Waals surface area contributed by atoms with E-state index in [4.69, 9.17) is 11.6 Å². The number of hydrogen-bond donors (Lipinski definition) is 2. The number of benzene rings is 4. The summed E-state index contributed by atoms with van der Waals surface area (Å²) in [6.07, 6.45) is 0. The standard InChI is InChI=1S/C27H25ClN2O2S/c28-24-16-18-25(19-17-24)33(31,32)30-27(23-14-8-3-9-15-23)26(22-12-6-2-7-13-22)29-20-21-10-4-1-5-11-21/h1-19,26-27,29-30H,20H2/t26-,27+/m0/s1. The highest BCUT2D eigenvalue weighted by molar-refractivity contribution is 7.89. The molecule has 168 valence electrons. The molecule has 0 saturated heterocycles. The molecule has 0 unspecified atom stereocenters. The molecule has 0 aromatic heterocycles. The maximum atomic E-state index is 13.4. The van der Waals surface area contributed by atoms with E-state index in [0.717, 1.165) is 16.7 Å². The van der Waals surface area contributed by atoms with E-state index in [0.29, 0.717) is 11.6 Å². The van der Waals surface area contributed by atoms with Gasteiger partial charge in [0.05, 0.1) is 17.0 Å². The van der Waals surface area contributed by atoms with Crippen LogP contribution in [0.25, 0.3) is 0 Å². The van der Waals surface area contributed by atoms with Crippen LogP contribution in [0.1, 0.15) is 28.8 Å². The Hall–Kier alpha value is -2.96. The largest absolute Gasteiger partial charge is 0.304 e. The van der Waals surface area contributed by atoms with Crippen LogP contribution in [0.15, 0.2) is 120 Å². The minimum absolute atomic E-state index is 0.169. The van der Waals surface area contributed by atoms with E-state index >= 15 is 0 Å². The summed E-state index contributed by atoms with van der Waals surface area (Å²) in [6.45, 7) is 0.590. The van der Waals surface area contributed by atoms with Crippen molar-refractivity contribution < 1.29 is 8.42 Å². The molecule has 0 amide bonds. The van der Waals surface area contributed by atoms with Crippen LogP contribution >= 0.6 is 11.6 Å². The van der Waals surface area contributed by atoms with Gasteiger partial charge in [0.25, 0.3) is 0 Å². The summed E-state index contributed by atoms with van der Waals surface area (Å²) in [5.41, 5.74) is 2.97. The average molecular weight is 477 g/mol. The van der Waals surface area contributed by atoms with Crippen LogP contribution in [0.2, 0.25) is 5.02 Å². The number of halogens is 1. The predicted molar refractivity (Wildman–Crippen MR) is 133 cm³/mol. The predicted octanol–water partition coefficient (Wildman–Crippen LogP) is 5.89. The molecule has 2 N–H and O–H groups in total. The lowest BCUT2D eigenvalue weighted by Crippen LogP contribution is -2.38. The molecule has 4 aromatic rings. The highest BCUT2D eigenvalue weighted by Gasteiger charge is 2.29. The van der Waals surface area contributed by atoms with Gasteiger partial charge >= 0.3 is 0 Å². The summed E-state index contributed by atoms with van der Waals surface area (Å²) < 4.78 is 29.7. The van der Waals surface area contributed by atoms with Crippen LogP contribution in [-0.2, 0) is 16.6 Å². The maximum Gasteiger partial charge on any atom is 0.241 e. The fourth-order valence-corrected chi connectivity index (χ4v) is 5.11. The Balaban J connectivity index is 1.72. The maximum absolute atomic E-state index is 13.4. The van der Waals surface area contributed by atoms with Gasteiger partial charge in [-0.15, -0.1) is 0 Å². The third kappa shape index (κ3) is 6.09. The van der Waals surface area contributed by atoms with Crippen molar-refractivity contribution in [2.24, 2.45) is 0 Å². The van der Waals surface area contributed by atoms with Gasteiger partial charge in [0.15, 0.2) is 0 Å². The second-order valence-electron chi connectivity index (χ2n) is 7.72. The van der Waals surface area contributed by atoms with Crippen molar-refractivity contribution in [3.8, 4) is 0 Å². The SMILES string of the molecule is O=S(=O)(N[C@H](c1ccccc1)[C@@H](NCc1ccccc1)c1ccccc1)c1ccc(Cl)cc1. The van der Waals surface area contributed by atoms with Gasteiger partial charge in [0, 0.05) is 11.6 Å². The zero-order valence-electron chi connectivity index (χ0n) is 17.9. The van der Waals surface area contributed by atoms with Gasteiger partial charge in [0.1, 0.15) is 0 Å². The van der Waals surface area contributed by atoms with E-state index in [1.807, 2.05) is 91.0 Å². The molecule has 0 aliphatic carbocycles. The van der Waals surface area contributed by atoms with Gasteiger partial charge in [-0.25, -0.2) is 13.1 Å². The van der Waals surface area contributed by atoms with Gasteiger partial charge in [0.2, 0.25) is 10.0 Å². The fourth-order valence-electron chi connectivity index (χ4n) is 3.75. The smallest absolute Gasteiger partial charge is 0.241 e. The lowest BCUT2D eigenvalue weighted by atomic mass is 9.94. The molecule has 4 rings (SSSR count). The van der Waals surface area contributed by atoms with Crippen molar-refractivity contribution in [2.75, 3.05) is 0 Å². The van der Waals surface area contributed by atoms with Crippen molar-refractivity contribution in [3.05, 3.63) is 137 Å². The van der Waals surface area contributed by atoms with Gasteiger partial charge in [-0.1, -0.05) is 103 Å². The molecule has 33 heavy (non-hydrogen) atoms. The van der Waals surface area contributed by atoms with Crippen molar-refractivity contribution >= 4 is 21.6 Å². The molecular formula is C27H25ClN2O2S. The quantitative estimate of drug-likeness (QED) is 0.316. The molecule has 0 bridgehead atoms. The van der Waals surface area contributed by atoms with Crippen LogP contribution in [0.5, 0.6) is 0 Å². The van der Waals surface area contributed by atoms with Gasteiger partial charge < -0.3 is 5.32 Å². The van der Waals surface area contributed by atoms with E-state index in [9.17, 15) is 8.42 Å². The molecule has 0 fully saturated rings. The van der Waals surface area contributed by atoms with Gasteiger partial charge in [-0.3, -0.25) is 0 Å². The molecule has 2 atom stereocenters. The second-order valence-corrected chi connectivity index (χ2v) is 9.87. The van der Waals surface area contributed by atoms with Crippen molar-refractivity contribution in [1.82, 2.24) is 10.0 Å². The molecule has 0 radical (unpaired) electrons. The normalized spacial score (nSPS) is 13.4. The Morgan fingerprint density at radius 2 is 1.12 bits per heavy atom. The molecule has 0 aliphatic rings. The third-order valence-corrected chi connectivity index (χ3v) is 7.13. The van der Waals surface area contributed by atoms with E-state index in [2.05, 4.69) is 10.0 Å². The Morgan fingerprint density at radius 3 is 1.67 bits per heavy atom. The Bertz CT molecular complexity index is 1250.